The zero-order valence-corrected chi connectivity index (χ0v) is 8.20. The average molecular weight is 230 g/mol. The molecular weight excluding hydrogens is 224 g/mol. The zero-order valence-electron chi connectivity index (χ0n) is 7.44. The van der Waals surface area contributed by atoms with Crippen LogP contribution in [0, 0.1) is 0 Å². The van der Waals surface area contributed by atoms with E-state index in [1.54, 1.807) is 24.3 Å². The molecule has 0 radical (unpaired) electrons. The molecular formula is C9H6ClF2N3. The molecule has 78 valence electrons. The summed E-state index contributed by atoms with van der Waals surface area (Å²) in [6.45, 7) is 0. The van der Waals surface area contributed by atoms with E-state index in [4.69, 9.17) is 11.6 Å². The van der Waals surface area contributed by atoms with Crippen molar-refractivity contribution in [2.75, 3.05) is 0 Å². The van der Waals surface area contributed by atoms with Crippen LogP contribution in [0.3, 0.4) is 0 Å². The minimum absolute atomic E-state index is 0.343. The Morgan fingerprint density at radius 1 is 1.20 bits per heavy atom. The van der Waals surface area contributed by atoms with Crippen molar-refractivity contribution in [3.63, 3.8) is 0 Å². The molecule has 0 unspecified atom stereocenters. The van der Waals surface area contributed by atoms with E-state index in [1.165, 1.54) is 10.9 Å². The highest BCUT2D eigenvalue weighted by Crippen LogP contribution is 2.17. The Hall–Kier alpha value is -1.49. The predicted molar refractivity (Wildman–Crippen MR) is 51.3 cm³/mol. The van der Waals surface area contributed by atoms with E-state index in [0.29, 0.717) is 10.7 Å². The van der Waals surface area contributed by atoms with E-state index >= 15 is 0 Å². The van der Waals surface area contributed by atoms with Crippen LogP contribution in [0.1, 0.15) is 12.1 Å². The molecule has 0 aliphatic rings. The van der Waals surface area contributed by atoms with Gasteiger partial charge in [0.25, 0.3) is 6.43 Å². The topological polar surface area (TPSA) is 30.7 Å². The SMILES string of the molecule is FC(F)c1cn(-c2ccc(Cl)cc2)nn1. The summed E-state index contributed by atoms with van der Waals surface area (Å²) in [5, 5.41) is 7.50. The monoisotopic (exact) mass is 229 g/mol. The van der Waals surface area contributed by atoms with Crippen LogP contribution >= 0.6 is 11.6 Å². The van der Waals surface area contributed by atoms with Crippen LogP contribution in [0.25, 0.3) is 5.69 Å². The maximum atomic E-state index is 12.2. The van der Waals surface area contributed by atoms with Gasteiger partial charge in [-0.3, -0.25) is 0 Å². The first-order chi connectivity index (χ1) is 7.16. The second-order valence-electron chi connectivity index (χ2n) is 2.87. The van der Waals surface area contributed by atoms with E-state index in [2.05, 4.69) is 10.3 Å². The first-order valence-corrected chi connectivity index (χ1v) is 4.51. The molecule has 1 aromatic heterocycles. The van der Waals surface area contributed by atoms with Crippen LogP contribution < -0.4 is 0 Å². The number of aromatic nitrogens is 3. The molecule has 15 heavy (non-hydrogen) atoms. The van der Waals surface area contributed by atoms with Gasteiger partial charge in [0, 0.05) is 5.02 Å². The number of benzene rings is 1. The number of halogens is 3. The highest BCUT2D eigenvalue weighted by molar-refractivity contribution is 6.30. The van der Waals surface area contributed by atoms with E-state index in [-0.39, 0.29) is 5.69 Å². The molecule has 2 aromatic rings. The summed E-state index contributed by atoms with van der Waals surface area (Å²) in [5.74, 6) is 0. The molecule has 3 nitrogen and oxygen atoms in total. The Bertz CT molecular complexity index is 453. The normalized spacial score (nSPS) is 10.9. The van der Waals surface area contributed by atoms with Gasteiger partial charge in [0.1, 0.15) is 5.69 Å². The lowest BCUT2D eigenvalue weighted by Crippen LogP contribution is -1.93. The molecule has 0 fully saturated rings. The van der Waals surface area contributed by atoms with Crippen molar-refractivity contribution in [3.8, 4) is 5.69 Å². The van der Waals surface area contributed by atoms with Crippen LogP contribution in [-0.4, -0.2) is 15.0 Å². The summed E-state index contributed by atoms with van der Waals surface area (Å²) < 4.78 is 25.7. The van der Waals surface area contributed by atoms with Gasteiger partial charge in [-0.15, -0.1) is 5.10 Å². The van der Waals surface area contributed by atoms with Gasteiger partial charge in [-0.2, -0.15) is 0 Å². The Kier molecular flexibility index (Phi) is 2.64. The number of hydrogen-bond donors (Lipinski definition) is 0. The minimum Gasteiger partial charge on any atom is -0.220 e. The maximum Gasteiger partial charge on any atom is 0.283 e. The third-order valence-corrected chi connectivity index (χ3v) is 2.08. The van der Waals surface area contributed by atoms with Gasteiger partial charge < -0.3 is 0 Å². The van der Waals surface area contributed by atoms with Crippen molar-refractivity contribution in [3.05, 3.63) is 41.2 Å². The Morgan fingerprint density at radius 3 is 2.40 bits per heavy atom. The molecule has 2 rings (SSSR count). The number of rotatable bonds is 2. The number of alkyl halides is 2. The second-order valence-corrected chi connectivity index (χ2v) is 3.30. The van der Waals surface area contributed by atoms with Crippen LogP contribution in [0.15, 0.2) is 30.5 Å². The smallest absolute Gasteiger partial charge is 0.220 e. The summed E-state index contributed by atoms with van der Waals surface area (Å²) in [6.07, 6.45) is -1.42. The molecule has 0 spiro atoms. The van der Waals surface area contributed by atoms with Gasteiger partial charge in [0.15, 0.2) is 0 Å². The third-order valence-electron chi connectivity index (χ3n) is 1.83. The van der Waals surface area contributed by atoms with Crippen molar-refractivity contribution >= 4 is 11.6 Å². The molecule has 0 saturated carbocycles. The number of hydrogen-bond acceptors (Lipinski definition) is 2. The molecule has 0 amide bonds. The minimum atomic E-state index is -2.61. The van der Waals surface area contributed by atoms with E-state index < -0.39 is 6.43 Å². The highest BCUT2D eigenvalue weighted by atomic mass is 35.5. The van der Waals surface area contributed by atoms with Crippen molar-refractivity contribution in [2.24, 2.45) is 0 Å². The fourth-order valence-electron chi connectivity index (χ4n) is 1.10. The first-order valence-electron chi connectivity index (χ1n) is 4.13. The Morgan fingerprint density at radius 2 is 1.87 bits per heavy atom. The van der Waals surface area contributed by atoms with Gasteiger partial charge in [-0.25, -0.2) is 13.5 Å². The average Bonchev–Trinajstić information content (AvgIpc) is 2.68. The molecule has 1 aromatic carbocycles. The quantitative estimate of drug-likeness (QED) is 0.793. The molecule has 0 N–H and O–H groups in total. The van der Waals surface area contributed by atoms with Crippen LogP contribution in [0.4, 0.5) is 8.78 Å². The predicted octanol–water partition coefficient (Wildman–Crippen LogP) is 2.86. The molecule has 0 saturated heterocycles. The van der Waals surface area contributed by atoms with Crippen LogP contribution in [0.5, 0.6) is 0 Å². The fraction of sp³-hybridized carbons (Fsp3) is 0.111. The van der Waals surface area contributed by atoms with Crippen molar-refractivity contribution < 1.29 is 8.78 Å². The van der Waals surface area contributed by atoms with Crippen molar-refractivity contribution in [2.45, 2.75) is 6.43 Å². The highest BCUT2D eigenvalue weighted by Gasteiger charge is 2.12. The van der Waals surface area contributed by atoms with Crippen LogP contribution in [0.2, 0.25) is 5.02 Å². The molecule has 6 heteroatoms. The fourth-order valence-corrected chi connectivity index (χ4v) is 1.22. The van der Waals surface area contributed by atoms with Gasteiger partial charge in [-0.1, -0.05) is 16.8 Å². The molecule has 0 atom stereocenters. The second kappa shape index (κ2) is 3.94. The van der Waals surface area contributed by atoms with Gasteiger partial charge in [-0.05, 0) is 24.3 Å². The third kappa shape index (κ3) is 2.12. The Balaban J connectivity index is 2.33. The summed E-state index contributed by atoms with van der Waals surface area (Å²) in [7, 11) is 0. The van der Waals surface area contributed by atoms with E-state index in [9.17, 15) is 8.78 Å². The van der Waals surface area contributed by atoms with Crippen molar-refractivity contribution in [1.82, 2.24) is 15.0 Å². The summed E-state index contributed by atoms with van der Waals surface area (Å²) in [4.78, 5) is 0. The summed E-state index contributed by atoms with van der Waals surface area (Å²) in [5.41, 5.74) is 0.295. The largest absolute Gasteiger partial charge is 0.283 e. The molecule has 0 bridgehead atoms. The standard InChI is InChI=1S/C9H6ClF2N3/c10-6-1-3-7(4-2-6)15-5-8(9(11)12)13-14-15/h1-5,9H. The summed E-state index contributed by atoms with van der Waals surface area (Å²) >= 11 is 5.69. The summed E-state index contributed by atoms with van der Waals surface area (Å²) in [6, 6.07) is 6.65. The lowest BCUT2D eigenvalue weighted by Gasteiger charge is -1.98. The van der Waals surface area contributed by atoms with Gasteiger partial charge in [0.2, 0.25) is 0 Å². The van der Waals surface area contributed by atoms with Gasteiger partial charge >= 0.3 is 0 Å². The molecule has 1 heterocycles. The van der Waals surface area contributed by atoms with Crippen LogP contribution in [-0.2, 0) is 0 Å². The molecule has 0 aliphatic carbocycles. The Labute approximate surface area is 89.3 Å². The zero-order chi connectivity index (χ0) is 10.8. The van der Waals surface area contributed by atoms with Crippen molar-refractivity contribution in [1.29, 1.82) is 0 Å². The van der Waals surface area contributed by atoms with E-state index in [1.807, 2.05) is 0 Å². The lowest BCUT2D eigenvalue weighted by molar-refractivity contribution is 0.146. The van der Waals surface area contributed by atoms with Gasteiger partial charge in [0.05, 0.1) is 11.9 Å². The van der Waals surface area contributed by atoms with E-state index in [0.717, 1.165) is 0 Å². The first kappa shape index (κ1) is 10.0. The maximum absolute atomic E-state index is 12.2. The lowest BCUT2D eigenvalue weighted by atomic mass is 10.3. The molecule has 0 aliphatic heterocycles. The number of nitrogens with zero attached hydrogens (tertiary/aromatic N) is 3.